The van der Waals surface area contributed by atoms with Gasteiger partial charge in [0.2, 0.25) is 0 Å². The van der Waals surface area contributed by atoms with Crippen LogP contribution in [0.4, 0.5) is 0 Å². The van der Waals surface area contributed by atoms with Crippen molar-refractivity contribution >= 4 is 0 Å². The van der Waals surface area contributed by atoms with Gasteiger partial charge in [-0.2, -0.15) is 0 Å². The zero-order valence-corrected chi connectivity index (χ0v) is 11.9. The molecular weight excluding hydrogens is 228 g/mol. The summed E-state index contributed by atoms with van der Waals surface area (Å²) in [5, 5.41) is 3.70. The van der Waals surface area contributed by atoms with Crippen LogP contribution in [0.25, 0.3) is 0 Å². The van der Waals surface area contributed by atoms with Crippen LogP contribution in [0.3, 0.4) is 0 Å². The molecule has 0 aromatic heterocycles. The number of morpholine rings is 1. The van der Waals surface area contributed by atoms with Gasteiger partial charge in [0.05, 0.1) is 19.3 Å². The molecule has 2 heterocycles. The predicted octanol–water partition coefficient (Wildman–Crippen LogP) is 1.11. The zero-order chi connectivity index (χ0) is 12.8. The second-order valence-electron chi connectivity index (χ2n) is 5.63. The lowest BCUT2D eigenvalue weighted by atomic mass is 9.89. The Bertz CT molecular complexity index is 232. The average molecular weight is 256 g/mol. The molecule has 0 aromatic rings. The zero-order valence-electron chi connectivity index (χ0n) is 11.9. The van der Waals surface area contributed by atoms with E-state index in [9.17, 15) is 0 Å². The minimum atomic E-state index is 0.321. The van der Waals surface area contributed by atoms with Crippen molar-refractivity contribution < 1.29 is 9.47 Å². The van der Waals surface area contributed by atoms with E-state index >= 15 is 0 Å². The lowest BCUT2D eigenvalue weighted by molar-refractivity contribution is -0.0664. The van der Waals surface area contributed by atoms with Crippen LogP contribution in [0.15, 0.2) is 0 Å². The molecule has 2 saturated heterocycles. The number of ether oxygens (including phenoxy) is 2. The Balaban J connectivity index is 1.93. The fourth-order valence-electron chi connectivity index (χ4n) is 2.99. The fourth-order valence-corrected chi connectivity index (χ4v) is 2.99. The molecule has 2 fully saturated rings. The molecule has 4 heteroatoms. The molecule has 106 valence electrons. The second-order valence-corrected chi connectivity index (χ2v) is 5.63. The maximum absolute atomic E-state index is 6.00. The third-order valence-electron chi connectivity index (χ3n) is 4.03. The smallest absolute Gasteiger partial charge is 0.0858 e. The highest BCUT2D eigenvalue weighted by atomic mass is 16.5. The van der Waals surface area contributed by atoms with Gasteiger partial charge >= 0.3 is 0 Å². The van der Waals surface area contributed by atoms with Crippen molar-refractivity contribution in [3.63, 3.8) is 0 Å². The quantitative estimate of drug-likeness (QED) is 0.799. The van der Waals surface area contributed by atoms with Crippen LogP contribution in [0, 0.1) is 5.92 Å². The van der Waals surface area contributed by atoms with E-state index in [1.54, 1.807) is 0 Å². The van der Waals surface area contributed by atoms with Crippen molar-refractivity contribution in [2.75, 3.05) is 46.5 Å². The minimum Gasteiger partial charge on any atom is -0.381 e. The summed E-state index contributed by atoms with van der Waals surface area (Å²) >= 11 is 0. The highest BCUT2D eigenvalue weighted by Crippen LogP contribution is 2.22. The van der Waals surface area contributed by atoms with Crippen molar-refractivity contribution in [1.82, 2.24) is 10.2 Å². The molecule has 0 bridgehead atoms. The van der Waals surface area contributed by atoms with Gasteiger partial charge in [0.15, 0.2) is 0 Å². The molecule has 1 N–H and O–H groups in total. The van der Waals surface area contributed by atoms with Gasteiger partial charge in [0.1, 0.15) is 0 Å². The van der Waals surface area contributed by atoms with Crippen LogP contribution in [0.2, 0.25) is 0 Å². The molecule has 3 atom stereocenters. The Morgan fingerprint density at radius 3 is 2.94 bits per heavy atom. The Kier molecular flexibility index (Phi) is 5.89. The van der Waals surface area contributed by atoms with Crippen LogP contribution in [-0.4, -0.2) is 63.5 Å². The number of nitrogens with zero attached hydrogens (tertiary/aromatic N) is 1. The van der Waals surface area contributed by atoms with Crippen molar-refractivity contribution in [1.29, 1.82) is 0 Å². The lowest BCUT2D eigenvalue weighted by Crippen LogP contribution is -2.55. The van der Waals surface area contributed by atoms with Gasteiger partial charge in [-0.3, -0.25) is 0 Å². The molecule has 4 nitrogen and oxygen atoms in total. The maximum atomic E-state index is 6.00. The van der Waals surface area contributed by atoms with E-state index in [-0.39, 0.29) is 0 Å². The van der Waals surface area contributed by atoms with Crippen LogP contribution in [0.5, 0.6) is 0 Å². The second kappa shape index (κ2) is 7.43. The molecule has 0 radical (unpaired) electrons. The molecule has 0 aromatic carbocycles. The van der Waals surface area contributed by atoms with Crippen LogP contribution in [0.1, 0.15) is 26.2 Å². The largest absolute Gasteiger partial charge is 0.381 e. The minimum absolute atomic E-state index is 0.321. The van der Waals surface area contributed by atoms with E-state index in [4.69, 9.17) is 9.47 Å². The van der Waals surface area contributed by atoms with Gasteiger partial charge < -0.3 is 19.7 Å². The number of nitrogens with one attached hydrogen (secondary N) is 1. The molecule has 2 aliphatic rings. The van der Waals surface area contributed by atoms with Crippen LogP contribution >= 0.6 is 0 Å². The first-order chi connectivity index (χ1) is 8.81. The summed E-state index contributed by atoms with van der Waals surface area (Å²) in [7, 11) is 2.18. The number of rotatable bonds is 5. The van der Waals surface area contributed by atoms with Crippen molar-refractivity contribution in [2.24, 2.45) is 5.92 Å². The first-order valence-corrected chi connectivity index (χ1v) is 7.42. The molecule has 3 unspecified atom stereocenters. The van der Waals surface area contributed by atoms with Crippen molar-refractivity contribution in [3.8, 4) is 0 Å². The van der Waals surface area contributed by atoms with Gasteiger partial charge in [-0.15, -0.1) is 0 Å². The molecule has 0 aliphatic carbocycles. The highest BCUT2D eigenvalue weighted by molar-refractivity contribution is 4.88. The van der Waals surface area contributed by atoms with E-state index in [1.807, 2.05) is 0 Å². The van der Waals surface area contributed by atoms with E-state index < -0.39 is 0 Å². The summed E-state index contributed by atoms with van der Waals surface area (Å²) in [6.45, 7) is 8.07. The monoisotopic (exact) mass is 256 g/mol. The molecular formula is C14H28N2O2. The highest BCUT2D eigenvalue weighted by Gasteiger charge is 2.33. The molecule has 0 saturated carbocycles. The third kappa shape index (κ3) is 3.92. The van der Waals surface area contributed by atoms with Crippen LogP contribution < -0.4 is 5.32 Å². The Morgan fingerprint density at radius 1 is 1.39 bits per heavy atom. The van der Waals surface area contributed by atoms with Crippen molar-refractivity contribution in [3.05, 3.63) is 0 Å². The Labute approximate surface area is 111 Å². The van der Waals surface area contributed by atoms with E-state index in [0.717, 1.165) is 39.5 Å². The van der Waals surface area contributed by atoms with Gasteiger partial charge in [0.25, 0.3) is 0 Å². The van der Waals surface area contributed by atoms with Gasteiger partial charge in [-0.25, -0.2) is 0 Å². The molecule has 2 aliphatic heterocycles. The van der Waals surface area contributed by atoms with E-state index in [2.05, 4.69) is 24.2 Å². The SMILES string of the molecule is CCCNC(C1CCCOC1)C1CN(C)CCO1. The normalized spacial score (nSPS) is 32.3. The fraction of sp³-hybridized carbons (Fsp3) is 1.00. The van der Waals surface area contributed by atoms with Gasteiger partial charge in [0, 0.05) is 31.7 Å². The Morgan fingerprint density at radius 2 is 2.28 bits per heavy atom. The van der Waals surface area contributed by atoms with Crippen LogP contribution in [-0.2, 0) is 9.47 Å². The summed E-state index contributed by atoms with van der Waals surface area (Å²) < 4.78 is 11.7. The Hall–Kier alpha value is -0.160. The average Bonchev–Trinajstić information content (AvgIpc) is 2.40. The summed E-state index contributed by atoms with van der Waals surface area (Å²) in [5.74, 6) is 0.613. The summed E-state index contributed by atoms with van der Waals surface area (Å²) in [6.07, 6.45) is 3.96. The summed E-state index contributed by atoms with van der Waals surface area (Å²) in [4.78, 5) is 2.37. The summed E-state index contributed by atoms with van der Waals surface area (Å²) in [5.41, 5.74) is 0. The maximum Gasteiger partial charge on any atom is 0.0858 e. The van der Waals surface area contributed by atoms with E-state index in [1.165, 1.54) is 19.3 Å². The van der Waals surface area contributed by atoms with E-state index in [0.29, 0.717) is 18.1 Å². The van der Waals surface area contributed by atoms with Gasteiger partial charge in [-0.05, 0) is 32.9 Å². The molecule has 0 spiro atoms. The topological polar surface area (TPSA) is 33.7 Å². The first-order valence-electron chi connectivity index (χ1n) is 7.42. The molecule has 0 amide bonds. The summed E-state index contributed by atoms with van der Waals surface area (Å²) in [6, 6.07) is 0.452. The third-order valence-corrected chi connectivity index (χ3v) is 4.03. The molecule has 18 heavy (non-hydrogen) atoms. The van der Waals surface area contributed by atoms with Gasteiger partial charge in [-0.1, -0.05) is 6.92 Å². The lowest BCUT2D eigenvalue weighted by Gasteiger charge is -2.40. The molecule has 2 rings (SSSR count). The first kappa shape index (κ1) is 14.3. The number of hydrogen-bond acceptors (Lipinski definition) is 4. The number of hydrogen-bond donors (Lipinski definition) is 1. The number of likely N-dealkylation sites (N-methyl/N-ethyl adjacent to an activating group) is 1. The van der Waals surface area contributed by atoms with Crippen molar-refractivity contribution in [2.45, 2.75) is 38.3 Å². The predicted molar refractivity (Wildman–Crippen MR) is 72.9 cm³/mol. The standard InChI is InChI=1S/C14H28N2O2/c1-3-6-15-14(12-5-4-8-17-11-12)13-10-16(2)7-9-18-13/h12-15H,3-11H2,1-2H3.